The van der Waals surface area contributed by atoms with Crippen molar-refractivity contribution < 1.29 is 0 Å². The van der Waals surface area contributed by atoms with E-state index in [0.29, 0.717) is 22.5 Å². The SMILES string of the molecule is N#Cc1cc(-n2c3ccc4ccccc4c3c3c4ccccc4ccc32)c(C#N)c(-n2c3ccc4ccccc4c3c3c4ccccc4ccc32)c1. The first kappa shape index (κ1) is 28.4. The standard InChI is InChI=1S/C48H26N4/c49-27-29-25-43(51-39-21-17-30-9-1-5-13-34(30)45(39)46-35-14-6-2-10-31(35)18-22-40(46)51)38(28-50)44(26-29)52-41-23-19-32-11-3-7-15-36(32)47(41)48-37-16-8-4-12-33(37)20-24-42(48)52/h1-26H. The van der Waals surface area contributed by atoms with Crippen LogP contribution in [0.2, 0.25) is 0 Å². The average molecular weight is 659 g/mol. The lowest BCUT2D eigenvalue weighted by molar-refractivity contribution is 1.11. The van der Waals surface area contributed by atoms with E-state index >= 15 is 0 Å². The van der Waals surface area contributed by atoms with E-state index in [2.05, 4.69) is 167 Å². The monoisotopic (exact) mass is 658 g/mol. The van der Waals surface area contributed by atoms with Gasteiger partial charge in [0.1, 0.15) is 11.6 Å². The van der Waals surface area contributed by atoms with Crippen LogP contribution < -0.4 is 0 Å². The van der Waals surface area contributed by atoms with Gasteiger partial charge >= 0.3 is 0 Å². The van der Waals surface area contributed by atoms with Crippen LogP contribution in [0.3, 0.4) is 0 Å². The zero-order chi connectivity index (χ0) is 34.5. The Bertz CT molecular complexity index is 3040. The van der Waals surface area contributed by atoms with Gasteiger partial charge in [0.15, 0.2) is 0 Å². The molecule has 0 aliphatic rings. The first-order valence-electron chi connectivity index (χ1n) is 17.4. The van der Waals surface area contributed by atoms with Crippen LogP contribution in [-0.4, -0.2) is 9.13 Å². The number of nitrogens with zero attached hydrogens (tertiary/aromatic N) is 4. The maximum Gasteiger partial charge on any atom is 0.104 e. The zero-order valence-electron chi connectivity index (χ0n) is 27.8. The lowest BCUT2D eigenvalue weighted by Crippen LogP contribution is -2.05. The van der Waals surface area contributed by atoms with E-state index < -0.39 is 0 Å². The Balaban J connectivity index is 1.34. The number of rotatable bonds is 2. The second-order valence-electron chi connectivity index (χ2n) is 13.5. The Morgan fingerprint density at radius 2 is 0.654 bits per heavy atom. The summed E-state index contributed by atoms with van der Waals surface area (Å²) in [5.41, 5.74) is 6.29. The lowest BCUT2D eigenvalue weighted by Gasteiger charge is -2.17. The Morgan fingerprint density at radius 3 is 0.942 bits per heavy atom. The molecule has 0 saturated carbocycles. The molecule has 0 radical (unpaired) electrons. The van der Waals surface area contributed by atoms with Gasteiger partial charge in [-0.3, -0.25) is 0 Å². The molecular weight excluding hydrogens is 633 g/mol. The number of hydrogen-bond acceptors (Lipinski definition) is 2. The van der Waals surface area contributed by atoms with Crippen LogP contribution in [0.4, 0.5) is 0 Å². The molecule has 238 valence electrons. The molecular formula is C48H26N4. The molecule has 2 heterocycles. The minimum atomic E-state index is 0.483. The fourth-order valence-electron chi connectivity index (χ4n) is 8.76. The summed E-state index contributed by atoms with van der Waals surface area (Å²) in [7, 11) is 0. The summed E-state index contributed by atoms with van der Waals surface area (Å²) in [4.78, 5) is 0. The van der Waals surface area contributed by atoms with Gasteiger partial charge < -0.3 is 9.13 Å². The third kappa shape index (κ3) is 3.73. The van der Waals surface area contributed by atoms with Crippen molar-refractivity contribution in [2.24, 2.45) is 0 Å². The second kappa shape index (κ2) is 10.6. The van der Waals surface area contributed by atoms with Gasteiger partial charge in [0.05, 0.1) is 45.1 Å². The van der Waals surface area contributed by atoms with Gasteiger partial charge in [-0.15, -0.1) is 0 Å². The topological polar surface area (TPSA) is 57.4 Å². The van der Waals surface area contributed by atoms with Crippen molar-refractivity contribution in [1.29, 1.82) is 10.5 Å². The van der Waals surface area contributed by atoms with E-state index in [0.717, 1.165) is 86.7 Å². The van der Waals surface area contributed by atoms with Crippen molar-refractivity contribution in [3.8, 4) is 23.5 Å². The molecule has 0 amide bonds. The highest BCUT2D eigenvalue weighted by atomic mass is 15.0. The number of aromatic nitrogens is 2. The predicted molar refractivity (Wildman–Crippen MR) is 215 cm³/mol. The van der Waals surface area contributed by atoms with Gasteiger partial charge in [-0.1, -0.05) is 121 Å². The van der Waals surface area contributed by atoms with Crippen LogP contribution in [-0.2, 0) is 0 Å². The Morgan fingerprint density at radius 1 is 0.346 bits per heavy atom. The van der Waals surface area contributed by atoms with Crippen molar-refractivity contribution in [2.45, 2.75) is 0 Å². The van der Waals surface area contributed by atoms with Crippen LogP contribution in [0.25, 0.3) is 98.1 Å². The minimum absolute atomic E-state index is 0.483. The van der Waals surface area contributed by atoms with E-state index in [4.69, 9.17) is 0 Å². The first-order valence-corrected chi connectivity index (χ1v) is 17.4. The molecule has 11 aromatic rings. The summed E-state index contributed by atoms with van der Waals surface area (Å²) in [6.45, 7) is 0. The number of benzene rings is 9. The minimum Gasteiger partial charge on any atom is -0.308 e. The zero-order valence-corrected chi connectivity index (χ0v) is 27.8. The Hall–Kier alpha value is -7.40. The molecule has 11 rings (SSSR count). The Kier molecular flexibility index (Phi) is 5.77. The molecule has 0 saturated heterocycles. The molecule has 2 aromatic heterocycles. The van der Waals surface area contributed by atoms with Gasteiger partial charge in [0.2, 0.25) is 0 Å². The summed E-state index contributed by atoms with van der Waals surface area (Å²) in [6, 6.07) is 60.0. The normalized spacial score (nSPS) is 11.8. The van der Waals surface area contributed by atoms with Crippen LogP contribution in [0.15, 0.2) is 158 Å². The fourth-order valence-corrected chi connectivity index (χ4v) is 8.76. The summed E-state index contributed by atoms with van der Waals surface area (Å²) >= 11 is 0. The van der Waals surface area contributed by atoms with Gasteiger partial charge in [0, 0.05) is 21.5 Å². The number of fused-ring (bicyclic) bond motifs is 14. The second-order valence-corrected chi connectivity index (χ2v) is 13.5. The van der Waals surface area contributed by atoms with Crippen molar-refractivity contribution >= 4 is 86.7 Å². The first-order chi connectivity index (χ1) is 25.7. The van der Waals surface area contributed by atoms with Crippen molar-refractivity contribution in [1.82, 2.24) is 9.13 Å². The lowest BCUT2D eigenvalue weighted by atomic mass is 10.00. The van der Waals surface area contributed by atoms with Gasteiger partial charge in [-0.2, -0.15) is 10.5 Å². The summed E-state index contributed by atoms with van der Waals surface area (Å²) in [5.74, 6) is 0. The summed E-state index contributed by atoms with van der Waals surface area (Å²) in [5, 5.41) is 35.6. The third-order valence-electron chi connectivity index (χ3n) is 10.9. The average Bonchev–Trinajstić information content (AvgIpc) is 3.74. The maximum atomic E-state index is 11.3. The van der Waals surface area contributed by atoms with Crippen LogP contribution in [0.5, 0.6) is 0 Å². The largest absolute Gasteiger partial charge is 0.308 e. The molecule has 52 heavy (non-hydrogen) atoms. The van der Waals surface area contributed by atoms with Gasteiger partial charge in [0.25, 0.3) is 0 Å². The van der Waals surface area contributed by atoms with E-state index in [9.17, 15) is 10.5 Å². The molecule has 0 aliphatic heterocycles. The molecule has 0 unspecified atom stereocenters. The van der Waals surface area contributed by atoms with E-state index in [1.54, 1.807) is 0 Å². The number of nitriles is 2. The molecule has 9 aromatic carbocycles. The third-order valence-corrected chi connectivity index (χ3v) is 10.9. The van der Waals surface area contributed by atoms with Gasteiger partial charge in [-0.25, -0.2) is 0 Å². The molecule has 0 spiro atoms. The van der Waals surface area contributed by atoms with Crippen LogP contribution >= 0.6 is 0 Å². The van der Waals surface area contributed by atoms with Crippen molar-refractivity contribution in [3.05, 3.63) is 169 Å². The maximum absolute atomic E-state index is 11.3. The smallest absolute Gasteiger partial charge is 0.104 e. The van der Waals surface area contributed by atoms with E-state index in [1.807, 2.05) is 12.1 Å². The van der Waals surface area contributed by atoms with Crippen molar-refractivity contribution in [2.75, 3.05) is 0 Å². The predicted octanol–water partition coefficient (Wildman–Crippen LogP) is 12.2. The molecule has 0 bridgehead atoms. The molecule has 0 N–H and O–H groups in total. The highest BCUT2D eigenvalue weighted by Gasteiger charge is 2.24. The van der Waals surface area contributed by atoms with Crippen molar-refractivity contribution in [3.63, 3.8) is 0 Å². The molecule has 0 fully saturated rings. The summed E-state index contributed by atoms with van der Waals surface area (Å²) in [6.07, 6.45) is 0. The molecule has 0 atom stereocenters. The highest BCUT2D eigenvalue weighted by molar-refractivity contribution is 6.30. The fraction of sp³-hybridized carbons (Fsp3) is 0. The molecule has 4 heteroatoms. The number of hydrogen-bond donors (Lipinski definition) is 0. The van der Waals surface area contributed by atoms with E-state index in [1.165, 1.54) is 0 Å². The van der Waals surface area contributed by atoms with Crippen LogP contribution in [0, 0.1) is 22.7 Å². The van der Waals surface area contributed by atoms with Crippen LogP contribution in [0.1, 0.15) is 11.1 Å². The highest BCUT2D eigenvalue weighted by Crippen LogP contribution is 2.44. The Labute approximate surface area is 297 Å². The van der Waals surface area contributed by atoms with E-state index in [-0.39, 0.29) is 0 Å². The quantitative estimate of drug-likeness (QED) is 0.186. The molecule has 4 nitrogen and oxygen atoms in total. The summed E-state index contributed by atoms with van der Waals surface area (Å²) < 4.78 is 4.40. The van der Waals surface area contributed by atoms with Gasteiger partial charge in [-0.05, 0) is 79.5 Å². The molecule has 0 aliphatic carbocycles.